The standard InChI is InChI=1S/C33H41ClN2.C4H10.C2H6/c1-4-6-8-24(5-2)30-14-12-28(30)21-36-22-33(17-7-9-27-19-29(34)13-15-31(27)33)18-16-25-10-11-26(23(3)35)20-32(25)36;1-4(2)3;1-2/h5-6,8,10-11,13,15,19-20,24,28,30H,2-4,7,9,12,14,16-18,21-22,35H2,1H3;4H,1-3H3;1-2H3/b8-6+;;/t24?,28?,30?,33-;;/m1../s1. The van der Waals surface area contributed by atoms with Gasteiger partial charge >= 0.3 is 0 Å². The number of hydrogen-bond donors (Lipinski definition) is 1. The fraction of sp³-hybridized carbons (Fsp3) is 0.538. The molecule has 2 N–H and O–H groups in total. The van der Waals surface area contributed by atoms with Crippen molar-refractivity contribution < 1.29 is 0 Å². The summed E-state index contributed by atoms with van der Waals surface area (Å²) in [5, 5.41) is 0.860. The van der Waals surface area contributed by atoms with Crippen molar-refractivity contribution in [1.82, 2.24) is 0 Å². The second kappa shape index (κ2) is 15.9. The van der Waals surface area contributed by atoms with E-state index >= 15 is 0 Å². The molecule has 1 heterocycles. The molecule has 5 rings (SSSR count). The molecule has 0 amide bonds. The zero-order chi connectivity index (χ0) is 30.9. The predicted octanol–water partition coefficient (Wildman–Crippen LogP) is 10.8. The van der Waals surface area contributed by atoms with Crippen molar-refractivity contribution in [3.63, 3.8) is 0 Å². The number of allylic oxidation sites excluding steroid dienone is 3. The number of nitrogens with zero attached hydrogens (tertiary/aromatic N) is 1. The molecule has 1 aliphatic heterocycles. The van der Waals surface area contributed by atoms with Crippen LogP contribution in [0.1, 0.15) is 102 Å². The number of rotatable bonds is 7. The third kappa shape index (κ3) is 8.13. The van der Waals surface area contributed by atoms with E-state index in [1.54, 1.807) is 0 Å². The van der Waals surface area contributed by atoms with Crippen LogP contribution in [-0.4, -0.2) is 13.1 Å². The van der Waals surface area contributed by atoms with Crippen LogP contribution >= 0.6 is 11.6 Å². The molecule has 0 radical (unpaired) electrons. The van der Waals surface area contributed by atoms with Gasteiger partial charge in [0.25, 0.3) is 0 Å². The molecule has 0 saturated heterocycles. The molecular formula is C39H57ClN2. The lowest BCUT2D eigenvalue weighted by Crippen LogP contribution is -2.47. The van der Waals surface area contributed by atoms with Gasteiger partial charge in [-0.25, -0.2) is 0 Å². The van der Waals surface area contributed by atoms with E-state index in [-0.39, 0.29) is 5.41 Å². The number of aryl methyl sites for hydroxylation is 2. The topological polar surface area (TPSA) is 29.3 Å². The zero-order valence-corrected chi connectivity index (χ0v) is 28.1. The van der Waals surface area contributed by atoms with Crippen LogP contribution in [-0.2, 0) is 18.3 Å². The first-order valence-electron chi connectivity index (χ1n) is 16.6. The second-order valence-corrected chi connectivity index (χ2v) is 13.5. The monoisotopic (exact) mass is 588 g/mol. The summed E-state index contributed by atoms with van der Waals surface area (Å²) in [6.07, 6.45) is 16.4. The first kappa shape index (κ1) is 34.0. The third-order valence-corrected chi connectivity index (χ3v) is 9.43. The van der Waals surface area contributed by atoms with E-state index in [2.05, 4.69) is 100 Å². The molecule has 1 saturated carbocycles. The molecule has 42 heavy (non-hydrogen) atoms. The minimum Gasteiger partial charge on any atom is -0.399 e. The van der Waals surface area contributed by atoms with Gasteiger partial charge in [-0.1, -0.05) is 96.1 Å². The Morgan fingerprint density at radius 3 is 2.43 bits per heavy atom. The summed E-state index contributed by atoms with van der Waals surface area (Å²) in [7, 11) is 0. The molecule has 230 valence electrons. The van der Waals surface area contributed by atoms with Gasteiger partial charge in [0.05, 0.1) is 0 Å². The van der Waals surface area contributed by atoms with Crippen molar-refractivity contribution in [1.29, 1.82) is 0 Å². The maximum absolute atomic E-state index is 6.43. The Kier molecular flexibility index (Phi) is 12.9. The molecule has 3 unspecified atom stereocenters. The Balaban J connectivity index is 0.000000745. The molecule has 4 atom stereocenters. The number of benzene rings is 2. The average molecular weight is 589 g/mol. The van der Waals surface area contributed by atoms with Crippen LogP contribution in [0, 0.1) is 23.7 Å². The first-order valence-corrected chi connectivity index (χ1v) is 17.0. The van der Waals surface area contributed by atoms with Crippen molar-refractivity contribution in [3.8, 4) is 0 Å². The van der Waals surface area contributed by atoms with Gasteiger partial charge in [-0.3, -0.25) is 0 Å². The van der Waals surface area contributed by atoms with E-state index in [1.807, 2.05) is 13.8 Å². The van der Waals surface area contributed by atoms with Gasteiger partial charge in [0, 0.05) is 34.9 Å². The molecule has 0 bridgehead atoms. The van der Waals surface area contributed by atoms with E-state index in [0.29, 0.717) is 23.5 Å². The summed E-state index contributed by atoms with van der Waals surface area (Å²) in [6.45, 7) is 23.1. The highest BCUT2D eigenvalue weighted by atomic mass is 35.5. The van der Waals surface area contributed by atoms with Crippen LogP contribution in [0.25, 0.3) is 5.70 Å². The van der Waals surface area contributed by atoms with Gasteiger partial charge in [0.2, 0.25) is 0 Å². The normalized spacial score (nSPS) is 23.4. The Morgan fingerprint density at radius 2 is 1.81 bits per heavy atom. The lowest BCUT2D eigenvalue weighted by molar-refractivity contribution is 0.149. The molecule has 2 nitrogen and oxygen atoms in total. The highest BCUT2D eigenvalue weighted by Gasteiger charge is 2.42. The van der Waals surface area contributed by atoms with Gasteiger partial charge in [0.1, 0.15) is 0 Å². The van der Waals surface area contributed by atoms with Crippen molar-refractivity contribution in [2.45, 2.75) is 98.3 Å². The number of fused-ring (bicyclic) bond motifs is 3. The Morgan fingerprint density at radius 1 is 1.07 bits per heavy atom. The Labute approximate surface area is 263 Å². The molecule has 0 aromatic heterocycles. The van der Waals surface area contributed by atoms with Crippen molar-refractivity contribution >= 4 is 23.0 Å². The summed E-state index contributed by atoms with van der Waals surface area (Å²) in [6, 6.07) is 13.4. The molecule has 3 heteroatoms. The van der Waals surface area contributed by atoms with Crippen LogP contribution < -0.4 is 10.6 Å². The lowest BCUT2D eigenvalue weighted by atomic mass is 9.65. The summed E-state index contributed by atoms with van der Waals surface area (Å²) in [4.78, 5) is 2.72. The predicted molar refractivity (Wildman–Crippen MR) is 187 cm³/mol. The van der Waals surface area contributed by atoms with Crippen molar-refractivity contribution in [3.05, 3.63) is 95.1 Å². The molecule has 3 aliphatic rings. The van der Waals surface area contributed by atoms with E-state index in [1.165, 1.54) is 54.5 Å². The fourth-order valence-corrected chi connectivity index (χ4v) is 7.29. The maximum Gasteiger partial charge on any atom is 0.0408 e. The zero-order valence-electron chi connectivity index (χ0n) is 27.4. The highest BCUT2D eigenvalue weighted by molar-refractivity contribution is 6.30. The summed E-state index contributed by atoms with van der Waals surface area (Å²) in [5.74, 6) is 2.66. The van der Waals surface area contributed by atoms with Crippen LogP contribution in [0.4, 0.5) is 5.69 Å². The number of anilines is 1. The van der Waals surface area contributed by atoms with Crippen LogP contribution in [0.3, 0.4) is 0 Å². The largest absolute Gasteiger partial charge is 0.399 e. The van der Waals surface area contributed by atoms with Gasteiger partial charge in [-0.2, -0.15) is 0 Å². The summed E-state index contributed by atoms with van der Waals surface area (Å²) < 4.78 is 0. The molecule has 2 aromatic rings. The van der Waals surface area contributed by atoms with Gasteiger partial charge < -0.3 is 10.6 Å². The smallest absolute Gasteiger partial charge is 0.0408 e. The average Bonchev–Trinajstić information content (AvgIpc) is 3.10. The van der Waals surface area contributed by atoms with E-state index in [0.717, 1.165) is 48.9 Å². The van der Waals surface area contributed by atoms with Gasteiger partial charge in [0.15, 0.2) is 0 Å². The molecular weight excluding hydrogens is 532 g/mol. The highest BCUT2D eigenvalue weighted by Crippen LogP contribution is 2.48. The summed E-state index contributed by atoms with van der Waals surface area (Å²) in [5.41, 5.74) is 13.8. The van der Waals surface area contributed by atoms with Crippen LogP contribution in [0.5, 0.6) is 0 Å². The van der Waals surface area contributed by atoms with E-state index in [4.69, 9.17) is 17.3 Å². The van der Waals surface area contributed by atoms with Gasteiger partial charge in [-0.05, 0) is 115 Å². The molecule has 1 fully saturated rings. The van der Waals surface area contributed by atoms with E-state index in [9.17, 15) is 0 Å². The maximum atomic E-state index is 6.43. The third-order valence-electron chi connectivity index (χ3n) is 9.20. The van der Waals surface area contributed by atoms with Crippen molar-refractivity contribution in [2.24, 2.45) is 29.4 Å². The minimum atomic E-state index is 0.163. The van der Waals surface area contributed by atoms with Crippen LogP contribution in [0.15, 0.2) is 67.8 Å². The number of hydrogen-bond acceptors (Lipinski definition) is 2. The minimum absolute atomic E-state index is 0.163. The SMILES string of the molecule is C=CC(/C=C/CC)C1CCC1CN1C[C@@]2(CCCc3cc(Cl)ccc32)CCc2ccc(C(=C)N)cc21.CC.CC(C)C. The summed E-state index contributed by atoms with van der Waals surface area (Å²) >= 11 is 6.43. The molecule has 2 aromatic carbocycles. The fourth-order valence-electron chi connectivity index (χ4n) is 7.10. The van der Waals surface area contributed by atoms with E-state index < -0.39 is 0 Å². The van der Waals surface area contributed by atoms with Crippen molar-refractivity contribution in [2.75, 3.05) is 18.0 Å². The number of nitrogens with two attached hydrogens (primary N) is 1. The quantitative estimate of drug-likeness (QED) is 0.326. The molecule has 2 aliphatic carbocycles. The Bertz CT molecular complexity index is 1210. The van der Waals surface area contributed by atoms with Crippen LogP contribution in [0.2, 0.25) is 5.02 Å². The number of halogens is 1. The second-order valence-electron chi connectivity index (χ2n) is 13.1. The first-order chi connectivity index (χ1) is 20.2. The van der Waals surface area contributed by atoms with Gasteiger partial charge in [-0.15, -0.1) is 6.58 Å². The molecule has 1 spiro atoms. The lowest BCUT2D eigenvalue weighted by Gasteiger charge is -2.46. The Hall–Kier alpha value is -2.45.